The predicted molar refractivity (Wildman–Crippen MR) is 270 cm³/mol. The van der Waals surface area contributed by atoms with Gasteiger partial charge in [-0.1, -0.05) is 116 Å². The zero-order chi connectivity index (χ0) is 48.0. The van der Waals surface area contributed by atoms with E-state index in [1.807, 2.05) is 21.3 Å². The fourth-order valence-electron chi connectivity index (χ4n) is 13.7. The molecule has 0 bridgehead atoms. The van der Waals surface area contributed by atoms with Crippen LogP contribution in [-0.4, -0.2) is 21.3 Å². The number of benzene rings is 3. The Morgan fingerprint density at radius 2 is 0.456 bits per heavy atom. The zero-order valence-electron chi connectivity index (χ0n) is 41.5. The van der Waals surface area contributed by atoms with Crippen LogP contribution in [-0.2, 0) is 10.9 Å². The molecule has 0 saturated heterocycles. The van der Waals surface area contributed by atoms with Crippen LogP contribution < -0.4 is 14.2 Å². The number of rotatable bonds is 12. The van der Waals surface area contributed by atoms with Gasteiger partial charge < -0.3 is 14.2 Å². The van der Waals surface area contributed by atoms with Gasteiger partial charge in [0.2, 0.25) is 0 Å². The SMILES string of the molecule is COc1c(C2CCCCC2)cc([S+](c2cc(C3CCCCC3)c(OC)c(C3CCCCC3)c2)c2cc(C3CCCCC3)c(OC)c(C3CCCCC3)c2)cc1C1CCCCC1.F[P-](F)(F)(F)(F)F. The molecule has 6 saturated carbocycles. The molecule has 0 aliphatic heterocycles. The fraction of sp³-hybridized carbons (Fsp3) is 0.684. The van der Waals surface area contributed by atoms with Gasteiger partial charge in [-0.25, -0.2) is 0 Å². The molecule has 0 amide bonds. The second-order valence-electron chi connectivity index (χ2n) is 21.7. The molecular formula is C57H81F6O3PS. The van der Waals surface area contributed by atoms with Crippen molar-refractivity contribution in [3.8, 4) is 17.2 Å². The molecular weight excluding hydrogens is 910 g/mol. The van der Waals surface area contributed by atoms with E-state index in [1.165, 1.54) is 243 Å². The van der Waals surface area contributed by atoms with Crippen molar-refractivity contribution in [3.63, 3.8) is 0 Å². The quantitative estimate of drug-likeness (QED) is 0.103. The van der Waals surface area contributed by atoms with Crippen molar-refractivity contribution in [1.82, 2.24) is 0 Å². The molecule has 3 aromatic carbocycles. The summed E-state index contributed by atoms with van der Waals surface area (Å²) in [5.74, 6) is 7.20. The molecule has 9 rings (SSSR count). The van der Waals surface area contributed by atoms with Crippen LogP contribution in [0.4, 0.5) is 25.2 Å². The third-order valence-corrected chi connectivity index (χ3v) is 19.1. The second-order valence-corrected chi connectivity index (χ2v) is 25.6. The van der Waals surface area contributed by atoms with Crippen LogP contribution >= 0.6 is 7.81 Å². The molecule has 6 aliphatic carbocycles. The van der Waals surface area contributed by atoms with E-state index in [9.17, 15) is 25.2 Å². The molecule has 0 spiro atoms. The maximum atomic E-state index is 9.87. The second kappa shape index (κ2) is 22.0. The Bertz CT molecular complexity index is 1780. The molecule has 68 heavy (non-hydrogen) atoms. The van der Waals surface area contributed by atoms with Crippen molar-refractivity contribution in [2.45, 2.75) is 243 Å². The van der Waals surface area contributed by atoms with E-state index in [4.69, 9.17) is 14.2 Å². The molecule has 6 fully saturated rings. The van der Waals surface area contributed by atoms with Crippen LogP contribution in [0.5, 0.6) is 17.2 Å². The van der Waals surface area contributed by atoms with Gasteiger partial charge in [-0.15, -0.1) is 0 Å². The van der Waals surface area contributed by atoms with E-state index in [-0.39, 0.29) is 10.9 Å². The summed E-state index contributed by atoms with van der Waals surface area (Å²) in [5, 5.41) is 0. The standard InChI is InChI=1S/C57H81O3S.F6P/c1-58-55-49(40-22-10-4-11-23-40)34-46(35-50(55)41-24-12-5-13-25-41)61(47-36-51(42-26-14-6-15-27-42)56(59-2)52(37-47)43-28-16-7-17-29-43)48-38-53(44-30-18-8-19-31-44)57(60-3)54(39-48)45-32-20-9-21-33-45;1-7(2,3,4,5)6/h34-45H,4-33H2,1-3H3;/q+1;-1. The first-order valence-electron chi connectivity index (χ1n) is 27.1. The van der Waals surface area contributed by atoms with Gasteiger partial charge in [-0.2, -0.15) is 0 Å². The first-order chi connectivity index (χ1) is 32.6. The number of ether oxygens (including phenoxy) is 3. The zero-order valence-corrected chi connectivity index (χ0v) is 43.2. The number of methoxy groups -OCH3 is 3. The van der Waals surface area contributed by atoms with E-state index in [2.05, 4.69) is 36.4 Å². The van der Waals surface area contributed by atoms with Crippen molar-refractivity contribution in [2.75, 3.05) is 21.3 Å². The van der Waals surface area contributed by atoms with Crippen molar-refractivity contribution in [1.29, 1.82) is 0 Å². The summed E-state index contributed by atoms with van der Waals surface area (Å²) in [6.45, 7) is 0. The Labute approximate surface area is 407 Å². The summed E-state index contributed by atoms with van der Waals surface area (Å²) in [7, 11) is -5.00. The summed E-state index contributed by atoms with van der Waals surface area (Å²) in [4.78, 5) is 4.64. The summed E-state index contributed by atoms with van der Waals surface area (Å²) >= 11 is 0. The molecule has 3 nitrogen and oxygen atoms in total. The van der Waals surface area contributed by atoms with Gasteiger partial charge in [0.1, 0.15) is 17.2 Å². The monoisotopic (exact) mass is 991 g/mol. The topological polar surface area (TPSA) is 27.7 Å². The Morgan fingerprint density at radius 1 is 0.309 bits per heavy atom. The third-order valence-electron chi connectivity index (χ3n) is 16.9. The minimum absolute atomic E-state index is 0.300. The van der Waals surface area contributed by atoms with E-state index in [0.717, 1.165) is 0 Å². The van der Waals surface area contributed by atoms with Gasteiger partial charge in [-0.3, -0.25) is 0 Å². The average molecular weight is 991 g/mol. The molecule has 0 N–H and O–H groups in total. The maximum absolute atomic E-state index is 10.7. The molecule has 0 heterocycles. The minimum atomic E-state index is -10.7. The van der Waals surface area contributed by atoms with Crippen molar-refractivity contribution in [3.05, 3.63) is 69.8 Å². The normalized spacial score (nSPS) is 22.5. The Balaban J connectivity index is 0.000000830. The summed E-state index contributed by atoms with van der Waals surface area (Å²) in [5.41, 5.74) is 9.17. The van der Waals surface area contributed by atoms with Gasteiger partial charge in [-0.05, 0) is 113 Å². The van der Waals surface area contributed by atoms with Gasteiger partial charge in [0.05, 0.1) is 32.2 Å². The van der Waals surface area contributed by atoms with Crippen molar-refractivity contribution >= 4 is 18.7 Å². The van der Waals surface area contributed by atoms with Crippen LogP contribution in [0, 0.1) is 0 Å². The van der Waals surface area contributed by atoms with Crippen molar-refractivity contribution < 1.29 is 39.4 Å². The molecule has 11 heteroatoms. The van der Waals surface area contributed by atoms with E-state index >= 15 is 0 Å². The summed E-state index contributed by atoms with van der Waals surface area (Å²) in [6.07, 6.45) is 39.8. The number of hydrogen-bond acceptors (Lipinski definition) is 3. The number of halogens is 6. The van der Waals surface area contributed by atoms with Gasteiger partial charge >= 0.3 is 33.0 Å². The van der Waals surface area contributed by atoms with Crippen LogP contribution in [0.1, 0.15) is 262 Å². The Kier molecular flexibility index (Phi) is 16.8. The van der Waals surface area contributed by atoms with Gasteiger partial charge in [0.25, 0.3) is 0 Å². The van der Waals surface area contributed by atoms with Crippen molar-refractivity contribution in [2.24, 2.45) is 0 Å². The molecule has 3 aromatic rings. The van der Waals surface area contributed by atoms with Crippen LogP contribution in [0.2, 0.25) is 0 Å². The Hall–Kier alpha value is -2.58. The van der Waals surface area contributed by atoms with E-state index in [1.54, 1.807) is 14.7 Å². The van der Waals surface area contributed by atoms with Crippen LogP contribution in [0.3, 0.4) is 0 Å². The third kappa shape index (κ3) is 13.5. The first kappa shape index (κ1) is 51.8. The van der Waals surface area contributed by atoms with E-state index < -0.39 is 7.81 Å². The average Bonchev–Trinajstić information content (AvgIpc) is 3.36. The first-order valence-corrected chi connectivity index (χ1v) is 30.3. The summed E-state index contributed by atoms with van der Waals surface area (Å²) < 4.78 is 79.2. The van der Waals surface area contributed by atoms with Gasteiger partial charge in [0.15, 0.2) is 14.7 Å². The van der Waals surface area contributed by atoms with Crippen LogP contribution in [0.25, 0.3) is 0 Å². The molecule has 380 valence electrons. The predicted octanol–water partition coefficient (Wildman–Crippen LogP) is 20.5. The molecule has 0 atom stereocenters. The van der Waals surface area contributed by atoms with Gasteiger partial charge in [0, 0.05) is 69.8 Å². The van der Waals surface area contributed by atoms with E-state index in [0.29, 0.717) is 35.5 Å². The number of hydrogen-bond donors (Lipinski definition) is 0. The molecule has 0 radical (unpaired) electrons. The Morgan fingerprint density at radius 3 is 0.588 bits per heavy atom. The molecule has 0 unspecified atom stereocenters. The molecule has 6 aliphatic rings. The fourth-order valence-corrected chi connectivity index (χ4v) is 16.0. The molecule has 0 aromatic heterocycles. The van der Waals surface area contributed by atoms with Crippen LogP contribution in [0.15, 0.2) is 51.1 Å². The summed E-state index contributed by atoms with van der Waals surface area (Å²) in [6, 6.07) is 16.3.